The maximum atomic E-state index is 12.2. The monoisotopic (exact) mass is 544 g/mol. The van der Waals surface area contributed by atoms with E-state index in [-0.39, 0.29) is 12.5 Å². The Morgan fingerprint density at radius 3 is 2.15 bits per heavy atom. The molecule has 0 unspecified atom stereocenters. The first-order valence-electron chi connectivity index (χ1n) is 12.4. The van der Waals surface area contributed by atoms with Crippen LogP contribution in [0.3, 0.4) is 0 Å². The van der Waals surface area contributed by atoms with Crippen LogP contribution in [0, 0.1) is 0 Å². The van der Waals surface area contributed by atoms with Crippen LogP contribution in [0.15, 0.2) is 102 Å². The SMILES string of the molecule is CCOc1cc(/C=N\NC(=O)COc2ccc(OCc3ccccc3)cc2)ccc1OCc1ccc(Cl)cc1. The molecule has 0 bridgehead atoms. The van der Waals surface area contributed by atoms with Crippen molar-refractivity contribution in [2.24, 2.45) is 5.10 Å². The number of rotatable bonds is 13. The normalized spacial score (nSPS) is 10.7. The van der Waals surface area contributed by atoms with E-state index in [1.54, 1.807) is 36.4 Å². The summed E-state index contributed by atoms with van der Waals surface area (Å²) in [5.41, 5.74) is 5.28. The Kier molecular flexibility index (Phi) is 10.2. The van der Waals surface area contributed by atoms with Crippen molar-refractivity contribution in [2.45, 2.75) is 20.1 Å². The molecule has 0 saturated carbocycles. The Bertz CT molecular complexity index is 1360. The van der Waals surface area contributed by atoms with Gasteiger partial charge in [0.2, 0.25) is 0 Å². The van der Waals surface area contributed by atoms with E-state index in [1.807, 2.05) is 67.6 Å². The van der Waals surface area contributed by atoms with E-state index in [1.165, 1.54) is 6.21 Å². The van der Waals surface area contributed by atoms with E-state index in [9.17, 15) is 4.79 Å². The largest absolute Gasteiger partial charge is 0.490 e. The van der Waals surface area contributed by atoms with Gasteiger partial charge in [-0.2, -0.15) is 5.10 Å². The third-order valence-electron chi connectivity index (χ3n) is 5.42. The lowest BCUT2D eigenvalue weighted by molar-refractivity contribution is -0.123. The molecule has 0 radical (unpaired) electrons. The lowest BCUT2D eigenvalue weighted by atomic mass is 10.2. The van der Waals surface area contributed by atoms with Crippen LogP contribution in [-0.2, 0) is 18.0 Å². The highest BCUT2D eigenvalue weighted by Gasteiger charge is 2.07. The molecule has 1 amide bonds. The van der Waals surface area contributed by atoms with Crippen molar-refractivity contribution >= 4 is 23.7 Å². The highest BCUT2D eigenvalue weighted by atomic mass is 35.5. The molecule has 7 nitrogen and oxygen atoms in total. The molecule has 200 valence electrons. The molecule has 0 fully saturated rings. The fraction of sp³-hybridized carbons (Fsp3) is 0.161. The molecule has 0 aliphatic carbocycles. The van der Waals surface area contributed by atoms with Crippen LogP contribution in [0.2, 0.25) is 5.02 Å². The second-order valence-electron chi connectivity index (χ2n) is 8.38. The minimum atomic E-state index is -0.386. The van der Waals surface area contributed by atoms with E-state index in [4.69, 9.17) is 30.5 Å². The first-order valence-corrected chi connectivity index (χ1v) is 12.8. The first kappa shape index (κ1) is 27.5. The summed E-state index contributed by atoms with van der Waals surface area (Å²) in [4.78, 5) is 12.2. The molecule has 0 aliphatic heterocycles. The van der Waals surface area contributed by atoms with Gasteiger partial charge in [0.05, 0.1) is 12.8 Å². The molecule has 0 atom stereocenters. The summed E-state index contributed by atoms with van der Waals surface area (Å²) in [6, 6.07) is 29.9. The number of halogens is 1. The van der Waals surface area contributed by atoms with E-state index < -0.39 is 0 Å². The number of hydrogen-bond donors (Lipinski definition) is 1. The van der Waals surface area contributed by atoms with Crippen LogP contribution in [0.4, 0.5) is 0 Å². The molecule has 0 aromatic heterocycles. The molecular weight excluding hydrogens is 516 g/mol. The summed E-state index contributed by atoms with van der Waals surface area (Å²) in [6.07, 6.45) is 1.53. The Labute approximate surface area is 232 Å². The van der Waals surface area contributed by atoms with Crippen molar-refractivity contribution in [1.29, 1.82) is 0 Å². The zero-order valence-corrected chi connectivity index (χ0v) is 22.3. The molecule has 8 heteroatoms. The Balaban J connectivity index is 1.23. The van der Waals surface area contributed by atoms with Gasteiger partial charge < -0.3 is 18.9 Å². The summed E-state index contributed by atoms with van der Waals surface area (Å²) in [5, 5.41) is 4.70. The summed E-state index contributed by atoms with van der Waals surface area (Å²) < 4.78 is 22.9. The van der Waals surface area contributed by atoms with Gasteiger partial charge in [-0.1, -0.05) is 54.1 Å². The van der Waals surface area contributed by atoms with E-state index >= 15 is 0 Å². The molecule has 0 aliphatic rings. The molecule has 4 rings (SSSR count). The number of hydrogen-bond acceptors (Lipinski definition) is 6. The van der Waals surface area contributed by atoms with Gasteiger partial charge in [0, 0.05) is 5.02 Å². The second kappa shape index (κ2) is 14.4. The fourth-order valence-electron chi connectivity index (χ4n) is 3.47. The van der Waals surface area contributed by atoms with E-state index in [0.717, 1.165) is 16.7 Å². The van der Waals surface area contributed by atoms with Crippen LogP contribution in [0.1, 0.15) is 23.6 Å². The van der Waals surface area contributed by atoms with Gasteiger partial charge in [-0.3, -0.25) is 4.79 Å². The highest BCUT2D eigenvalue weighted by Crippen LogP contribution is 2.29. The van der Waals surface area contributed by atoms with Crippen molar-refractivity contribution in [1.82, 2.24) is 5.43 Å². The first-order chi connectivity index (χ1) is 19.1. The van der Waals surface area contributed by atoms with Crippen LogP contribution >= 0.6 is 11.6 Å². The molecule has 0 saturated heterocycles. The number of nitrogens with one attached hydrogen (secondary N) is 1. The topological polar surface area (TPSA) is 78.4 Å². The van der Waals surface area contributed by atoms with Gasteiger partial charge >= 0.3 is 0 Å². The van der Waals surface area contributed by atoms with Gasteiger partial charge in [-0.05, 0) is 78.2 Å². The van der Waals surface area contributed by atoms with Crippen LogP contribution in [0.25, 0.3) is 0 Å². The molecule has 1 N–H and O–H groups in total. The van der Waals surface area contributed by atoms with Gasteiger partial charge in [0.25, 0.3) is 5.91 Å². The maximum absolute atomic E-state index is 12.2. The smallest absolute Gasteiger partial charge is 0.277 e. The number of carbonyl (C=O) groups is 1. The predicted molar refractivity (Wildman–Crippen MR) is 152 cm³/mol. The quantitative estimate of drug-likeness (QED) is 0.155. The standard InChI is InChI=1S/C31H29ClN2O5/c1-2-36-30-18-25(10-17-29(30)39-21-24-8-11-26(32)12-9-24)19-33-34-31(35)22-38-28-15-13-27(14-16-28)37-20-23-6-4-3-5-7-23/h3-19H,2,20-22H2,1H3,(H,34,35)/b33-19-. The Morgan fingerprint density at radius 1 is 0.769 bits per heavy atom. The summed E-state index contributed by atoms with van der Waals surface area (Å²) in [6.45, 7) is 3.06. The van der Waals surface area contributed by atoms with Gasteiger partial charge in [0.15, 0.2) is 18.1 Å². The number of hydrazone groups is 1. The second-order valence-corrected chi connectivity index (χ2v) is 8.82. The lowest BCUT2D eigenvalue weighted by Crippen LogP contribution is -2.24. The Hall–Kier alpha value is -4.49. The third kappa shape index (κ3) is 9.09. The Morgan fingerprint density at radius 2 is 1.44 bits per heavy atom. The van der Waals surface area contributed by atoms with Crippen molar-refractivity contribution in [2.75, 3.05) is 13.2 Å². The van der Waals surface area contributed by atoms with Crippen LogP contribution in [0.5, 0.6) is 23.0 Å². The molecule has 0 spiro atoms. The number of carbonyl (C=O) groups excluding carboxylic acids is 1. The molecule has 4 aromatic rings. The summed E-state index contributed by atoms with van der Waals surface area (Å²) >= 11 is 5.94. The zero-order chi connectivity index (χ0) is 27.3. The maximum Gasteiger partial charge on any atom is 0.277 e. The van der Waals surface area contributed by atoms with E-state index in [0.29, 0.717) is 47.8 Å². The molecule has 0 heterocycles. The fourth-order valence-corrected chi connectivity index (χ4v) is 3.59. The minimum Gasteiger partial charge on any atom is -0.490 e. The average Bonchev–Trinajstić information content (AvgIpc) is 2.97. The minimum absolute atomic E-state index is 0.177. The van der Waals surface area contributed by atoms with Crippen molar-refractivity contribution in [3.8, 4) is 23.0 Å². The summed E-state index contributed by atoms with van der Waals surface area (Å²) in [7, 11) is 0. The van der Waals surface area contributed by atoms with Gasteiger partial charge in [-0.15, -0.1) is 0 Å². The predicted octanol–water partition coefficient (Wildman–Crippen LogP) is 6.43. The van der Waals surface area contributed by atoms with Crippen molar-refractivity contribution in [3.63, 3.8) is 0 Å². The number of benzene rings is 4. The van der Waals surface area contributed by atoms with Crippen LogP contribution in [-0.4, -0.2) is 25.3 Å². The highest BCUT2D eigenvalue weighted by molar-refractivity contribution is 6.30. The summed E-state index contributed by atoms with van der Waals surface area (Å²) in [5.74, 6) is 2.08. The third-order valence-corrected chi connectivity index (χ3v) is 5.67. The van der Waals surface area contributed by atoms with Crippen LogP contribution < -0.4 is 24.4 Å². The average molecular weight is 545 g/mol. The zero-order valence-electron chi connectivity index (χ0n) is 21.5. The van der Waals surface area contributed by atoms with E-state index in [2.05, 4.69) is 10.5 Å². The number of amides is 1. The lowest BCUT2D eigenvalue weighted by Gasteiger charge is -2.12. The van der Waals surface area contributed by atoms with Gasteiger partial charge in [0.1, 0.15) is 24.7 Å². The van der Waals surface area contributed by atoms with Gasteiger partial charge in [-0.25, -0.2) is 5.43 Å². The molecule has 4 aromatic carbocycles. The van der Waals surface area contributed by atoms with Crippen molar-refractivity contribution in [3.05, 3.63) is 119 Å². The number of nitrogens with zero attached hydrogens (tertiary/aromatic N) is 1. The van der Waals surface area contributed by atoms with Crippen molar-refractivity contribution < 1.29 is 23.7 Å². The molecule has 39 heavy (non-hydrogen) atoms. The molecular formula is C31H29ClN2O5. The number of ether oxygens (including phenoxy) is 4.